The summed E-state index contributed by atoms with van der Waals surface area (Å²) in [5, 5.41) is 0.372. The van der Waals surface area contributed by atoms with E-state index in [4.69, 9.17) is 25.8 Å². The highest BCUT2D eigenvalue weighted by Crippen LogP contribution is 2.33. The predicted molar refractivity (Wildman–Crippen MR) is 94.6 cm³/mol. The fourth-order valence-electron chi connectivity index (χ4n) is 2.52. The van der Waals surface area contributed by atoms with Crippen molar-refractivity contribution < 1.29 is 23.8 Å². The van der Waals surface area contributed by atoms with Gasteiger partial charge in [0.15, 0.2) is 11.5 Å². The summed E-state index contributed by atoms with van der Waals surface area (Å²) in [6.07, 6.45) is -1.44. The molecule has 0 aliphatic carbocycles. The van der Waals surface area contributed by atoms with E-state index in [1.807, 2.05) is 6.07 Å². The summed E-state index contributed by atoms with van der Waals surface area (Å²) < 4.78 is 16.5. The van der Waals surface area contributed by atoms with Gasteiger partial charge in [-0.2, -0.15) is 0 Å². The monoisotopic (exact) mass is 376 g/mol. The molecule has 0 bridgehead atoms. The van der Waals surface area contributed by atoms with Crippen molar-refractivity contribution in [3.8, 4) is 17.2 Å². The molecule has 0 saturated heterocycles. The van der Waals surface area contributed by atoms with Gasteiger partial charge < -0.3 is 14.2 Å². The molecule has 7 nitrogen and oxygen atoms in total. The first-order valence-corrected chi connectivity index (χ1v) is 8.23. The van der Waals surface area contributed by atoms with E-state index in [2.05, 4.69) is 10.9 Å². The van der Waals surface area contributed by atoms with Crippen LogP contribution in [0.4, 0.5) is 0 Å². The highest BCUT2D eigenvalue weighted by molar-refractivity contribution is 6.31. The van der Waals surface area contributed by atoms with Crippen LogP contribution in [0.1, 0.15) is 17.3 Å². The van der Waals surface area contributed by atoms with Gasteiger partial charge in [-0.15, -0.1) is 0 Å². The van der Waals surface area contributed by atoms with Crippen molar-refractivity contribution >= 4 is 23.4 Å². The molecule has 1 aliphatic rings. The van der Waals surface area contributed by atoms with E-state index in [-0.39, 0.29) is 5.56 Å². The summed E-state index contributed by atoms with van der Waals surface area (Å²) in [5.74, 6) is 0.259. The minimum atomic E-state index is -0.911. The van der Waals surface area contributed by atoms with Crippen LogP contribution in [0, 0.1) is 0 Å². The van der Waals surface area contributed by atoms with Crippen molar-refractivity contribution in [2.75, 3.05) is 7.11 Å². The number of para-hydroxylation sites is 2. The van der Waals surface area contributed by atoms with Crippen LogP contribution in [0.3, 0.4) is 0 Å². The lowest BCUT2D eigenvalue weighted by Crippen LogP contribution is -2.53. The Labute approximate surface area is 155 Å². The maximum Gasteiger partial charge on any atom is 0.283 e. The number of hydrazine groups is 1. The van der Waals surface area contributed by atoms with E-state index in [0.717, 1.165) is 0 Å². The minimum absolute atomic E-state index is 0.194. The first-order valence-electron chi connectivity index (χ1n) is 7.85. The number of hydrogen-bond donors (Lipinski definition) is 2. The van der Waals surface area contributed by atoms with Gasteiger partial charge in [-0.25, -0.2) is 0 Å². The van der Waals surface area contributed by atoms with E-state index in [1.165, 1.54) is 13.2 Å². The van der Waals surface area contributed by atoms with Gasteiger partial charge in [-0.1, -0.05) is 23.7 Å². The molecule has 136 valence electrons. The van der Waals surface area contributed by atoms with E-state index in [9.17, 15) is 9.59 Å². The van der Waals surface area contributed by atoms with Crippen molar-refractivity contribution in [3.63, 3.8) is 0 Å². The summed E-state index contributed by atoms with van der Waals surface area (Å²) >= 11 is 5.91. The lowest BCUT2D eigenvalue weighted by molar-refractivity contribution is -0.134. The topological polar surface area (TPSA) is 85.9 Å². The smallest absolute Gasteiger partial charge is 0.283 e. The van der Waals surface area contributed by atoms with Gasteiger partial charge in [-0.05, 0) is 37.3 Å². The van der Waals surface area contributed by atoms with E-state index in [1.54, 1.807) is 37.3 Å². The summed E-state index contributed by atoms with van der Waals surface area (Å²) in [4.78, 5) is 24.7. The number of amides is 2. The Kier molecular flexibility index (Phi) is 5.18. The van der Waals surface area contributed by atoms with Crippen LogP contribution >= 0.6 is 11.6 Å². The van der Waals surface area contributed by atoms with Crippen molar-refractivity contribution in [2.45, 2.75) is 19.1 Å². The highest BCUT2D eigenvalue weighted by atomic mass is 35.5. The molecule has 2 atom stereocenters. The number of methoxy groups -OCH3 is 1. The highest BCUT2D eigenvalue weighted by Gasteiger charge is 2.34. The molecule has 8 heteroatoms. The lowest BCUT2D eigenvalue weighted by Gasteiger charge is -2.30. The zero-order valence-electron chi connectivity index (χ0n) is 14.1. The van der Waals surface area contributed by atoms with Gasteiger partial charge in [-0.3, -0.25) is 20.4 Å². The second kappa shape index (κ2) is 7.53. The Morgan fingerprint density at radius 3 is 2.46 bits per heavy atom. The molecule has 2 aromatic carbocycles. The minimum Gasteiger partial charge on any atom is -0.496 e. The molecule has 3 rings (SSSR count). The number of carbonyl (C=O) groups is 2. The molecular formula is C18H17ClN2O5. The molecule has 1 aliphatic heterocycles. The molecule has 2 N–H and O–H groups in total. The fourth-order valence-corrected chi connectivity index (χ4v) is 2.69. The standard InChI is InChI=1S/C18H17ClN2O5/c1-10-16(26-15-6-4-3-5-14(15)25-10)18(23)21-20-17(22)12-9-11(19)7-8-13(12)24-2/h3-10,16H,1-2H3,(H,20,22)(H,21,23). The molecule has 0 radical (unpaired) electrons. The van der Waals surface area contributed by atoms with Crippen LogP contribution in [-0.2, 0) is 4.79 Å². The first-order chi connectivity index (χ1) is 12.5. The summed E-state index contributed by atoms with van der Waals surface area (Å²) in [5.41, 5.74) is 4.86. The summed E-state index contributed by atoms with van der Waals surface area (Å²) in [6, 6.07) is 11.7. The average molecular weight is 377 g/mol. The third-order valence-electron chi connectivity index (χ3n) is 3.81. The quantitative estimate of drug-likeness (QED) is 0.803. The van der Waals surface area contributed by atoms with Crippen molar-refractivity contribution in [2.24, 2.45) is 0 Å². The Morgan fingerprint density at radius 2 is 1.77 bits per heavy atom. The summed E-state index contributed by atoms with van der Waals surface area (Å²) in [6.45, 7) is 1.71. The van der Waals surface area contributed by atoms with Crippen LogP contribution in [-0.4, -0.2) is 31.1 Å². The van der Waals surface area contributed by atoms with Crippen molar-refractivity contribution in [3.05, 3.63) is 53.1 Å². The third kappa shape index (κ3) is 3.67. The number of benzene rings is 2. The van der Waals surface area contributed by atoms with Gasteiger partial charge >= 0.3 is 0 Å². The molecule has 2 aromatic rings. The lowest BCUT2D eigenvalue weighted by atomic mass is 10.1. The second-order valence-corrected chi connectivity index (χ2v) is 6.03. The number of fused-ring (bicyclic) bond motifs is 1. The molecule has 1 heterocycles. The van der Waals surface area contributed by atoms with E-state index in [0.29, 0.717) is 22.3 Å². The van der Waals surface area contributed by atoms with Gasteiger partial charge in [0.25, 0.3) is 11.8 Å². The number of halogens is 1. The molecule has 0 spiro atoms. The number of nitrogens with one attached hydrogen (secondary N) is 2. The second-order valence-electron chi connectivity index (χ2n) is 5.60. The average Bonchev–Trinajstić information content (AvgIpc) is 2.65. The normalized spacial score (nSPS) is 18.0. The van der Waals surface area contributed by atoms with Gasteiger partial charge in [0.05, 0.1) is 12.7 Å². The molecule has 0 saturated carbocycles. The maximum absolute atomic E-state index is 12.4. The van der Waals surface area contributed by atoms with Gasteiger partial charge in [0, 0.05) is 5.02 Å². The first kappa shape index (κ1) is 17.9. The van der Waals surface area contributed by atoms with Crippen LogP contribution in [0.15, 0.2) is 42.5 Å². The van der Waals surface area contributed by atoms with Crippen LogP contribution in [0.2, 0.25) is 5.02 Å². The molecule has 26 heavy (non-hydrogen) atoms. The number of rotatable bonds is 3. The van der Waals surface area contributed by atoms with Crippen molar-refractivity contribution in [1.82, 2.24) is 10.9 Å². The van der Waals surface area contributed by atoms with E-state index < -0.39 is 24.0 Å². The molecule has 0 aromatic heterocycles. The van der Waals surface area contributed by atoms with Crippen LogP contribution < -0.4 is 25.1 Å². The Bertz CT molecular complexity index is 842. The molecule has 0 fully saturated rings. The summed E-state index contributed by atoms with van der Waals surface area (Å²) in [7, 11) is 1.44. The maximum atomic E-state index is 12.4. The SMILES string of the molecule is COc1ccc(Cl)cc1C(=O)NNC(=O)C1Oc2ccccc2OC1C. The van der Waals surface area contributed by atoms with Crippen molar-refractivity contribution in [1.29, 1.82) is 0 Å². The van der Waals surface area contributed by atoms with Gasteiger partial charge in [0.1, 0.15) is 11.9 Å². The Morgan fingerprint density at radius 1 is 1.08 bits per heavy atom. The predicted octanol–water partition coefficient (Wildman–Crippen LogP) is 2.34. The van der Waals surface area contributed by atoms with Crippen LogP contribution in [0.5, 0.6) is 17.2 Å². The van der Waals surface area contributed by atoms with E-state index >= 15 is 0 Å². The molecular weight excluding hydrogens is 360 g/mol. The third-order valence-corrected chi connectivity index (χ3v) is 4.04. The Balaban J connectivity index is 1.66. The Hall–Kier alpha value is -2.93. The number of hydrogen-bond acceptors (Lipinski definition) is 5. The van der Waals surface area contributed by atoms with Crippen LogP contribution in [0.25, 0.3) is 0 Å². The fraction of sp³-hybridized carbons (Fsp3) is 0.222. The number of carbonyl (C=O) groups excluding carboxylic acids is 2. The zero-order chi connectivity index (χ0) is 18.7. The number of ether oxygens (including phenoxy) is 3. The zero-order valence-corrected chi connectivity index (χ0v) is 14.9. The largest absolute Gasteiger partial charge is 0.496 e. The molecule has 2 amide bonds. The van der Waals surface area contributed by atoms with Gasteiger partial charge in [0.2, 0.25) is 6.10 Å². The molecule has 2 unspecified atom stereocenters.